The first-order chi connectivity index (χ1) is 6.74. The number of nitrogens with zero attached hydrogens (tertiary/aromatic N) is 1. The molecule has 1 heterocycles. The molecule has 0 bridgehead atoms. The molecule has 0 aliphatic rings. The molecule has 0 radical (unpaired) electrons. The Bertz CT molecular complexity index is 319. The summed E-state index contributed by atoms with van der Waals surface area (Å²) in [7, 11) is 0. The molecule has 0 spiro atoms. The van der Waals surface area contributed by atoms with Crippen LogP contribution in [0.4, 0.5) is 0 Å². The smallest absolute Gasteiger partial charge is 0.246 e. The first kappa shape index (κ1) is 10.4. The first-order valence-corrected chi connectivity index (χ1v) is 4.59. The van der Waals surface area contributed by atoms with Crippen LogP contribution < -0.4 is 5.32 Å². The molecule has 0 saturated carbocycles. The molecule has 3 nitrogen and oxygen atoms in total. The fourth-order valence-electron chi connectivity index (χ4n) is 0.969. The minimum Gasteiger partial charge on any atom is -0.348 e. The average Bonchev–Trinajstić information content (AvgIpc) is 2.26. The van der Waals surface area contributed by atoms with Gasteiger partial charge in [-0.05, 0) is 24.1 Å². The molecule has 0 atom stereocenters. The molecule has 14 heavy (non-hydrogen) atoms. The van der Waals surface area contributed by atoms with Gasteiger partial charge in [-0.2, -0.15) is 0 Å². The van der Waals surface area contributed by atoms with Gasteiger partial charge in [-0.15, -0.1) is 0 Å². The van der Waals surface area contributed by atoms with Crippen molar-refractivity contribution in [2.75, 3.05) is 0 Å². The molecule has 1 rings (SSSR count). The normalized spacial score (nSPS) is 9.50. The number of amides is 1. The maximum absolute atomic E-state index is 11.3. The van der Waals surface area contributed by atoms with E-state index < -0.39 is 0 Å². The molecule has 1 amide bonds. The lowest BCUT2D eigenvalue weighted by Gasteiger charge is -2.05. The summed E-state index contributed by atoms with van der Waals surface area (Å²) in [5.74, 6) is -0.0793. The Hall–Kier alpha value is -1.64. The van der Waals surface area contributed by atoms with Gasteiger partial charge >= 0.3 is 0 Å². The van der Waals surface area contributed by atoms with E-state index in [1.165, 1.54) is 0 Å². The predicted molar refractivity (Wildman–Crippen MR) is 55.5 cm³/mol. The molecular formula is C11H14N2O. The van der Waals surface area contributed by atoms with Crippen LogP contribution in [-0.2, 0) is 11.3 Å². The summed E-state index contributed by atoms with van der Waals surface area (Å²) >= 11 is 0. The molecule has 3 heteroatoms. The Balaban J connectivity index is 2.42. The van der Waals surface area contributed by atoms with Gasteiger partial charge in [0.2, 0.25) is 5.91 Å². The van der Waals surface area contributed by atoms with E-state index in [0.29, 0.717) is 18.5 Å². The van der Waals surface area contributed by atoms with E-state index in [4.69, 9.17) is 0 Å². The summed E-state index contributed by atoms with van der Waals surface area (Å²) in [5.41, 5.74) is 1.65. The predicted octanol–water partition coefficient (Wildman–Crippen LogP) is 1.66. The van der Waals surface area contributed by atoms with Gasteiger partial charge in [0.15, 0.2) is 0 Å². The van der Waals surface area contributed by atoms with E-state index >= 15 is 0 Å². The molecule has 1 aromatic rings. The molecule has 0 fully saturated rings. The second kappa shape index (κ2) is 5.17. The number of carbonyl (C=O) groups is 1. The summed E-state index contributed by atoms with van der Waals surface area (Å²) in [6.45, 7) is 6.10. The monoisotopic (exact) mass is 190 g/mol. The zero-order valence-corrected chi connectivity index (χ0v) is 8.29. The Morgan fingerprint density at radius 2 is 2.14 bits per heavy atom. The summed E-state index contributed by atoms with van der Waals surface area (Å²) < 4.78 is 0. The third kappa shape index (κ3) is 3.01. The Kier molecular flexibility index (Phi) is 3.85. The zero-order chi connectivity index (χ0) is 10.4. The highest BCUT2D eigenvalue weighted by molar-refractivity contribution is 5.92. The molecule has 74 valence electrons. The fraction of sp³-hybridized carbons (Fsp3) is 0.273. The van der Waals surface area contributed by atoms with Crippen molar-refractivity contribution >= 4 is 5.91 Å². The van der Waals surface area contributed by atoms with Crippen molar-refractivity contribution in [1.82, 2.24) is 10.3 Å². The maximum atomic E-state index is 11.3. The van der Waals surface area contributed by atoms with E-state index in [1.807, 2.05) is 19.1 Å². The third-order valence-electron chi connectivity index (χ3n) is 1.95. The average molecular weight is 190 g/mol. The second-order valence-corrected chi connectivity index (χ2v) is 3.00. The Morgan fingerprint density at radius 1 is 1.50 bits per heavy atom. The number of rotatable bonds is 4. The standard InChI is InChI=1S/C11H14N2O/c1-3-9(2)11(14)13-8-10-4-6-12-7-5-10/h4-7H,2-3,8H2,1H3,(H,13,14). The van der Waals surface area contributed by atoms with Gasteiger partial charge in [-0.25, -0.2) is 0 Å². The minimum absolute atomic E-state index is 0.0793. The van der Waals surface area contributed by atoms with Crippen molar-refractivity contribution in [3.63, 3.8) is 0 Å². The molecular weight excluding hydrogens is 176 g/mol. The van der Waals surface area contributed by atoms with E-state index in [9.17, 15) is 4.79 Å². The van der Waals surface area contributed by atoms with Gasteiger partial charge in [-0.1, -0.05) is 13.5 Å². The number of hydrogen-bond donors (Lipinski definition) is 1. The van der Waals surface area contributed by atoms with Crippen molar-refractivity contribution in [2.45, 2.75) is 19.9 Å². The number of carbonyl (C=O) groups excluding carboxylic acids is 1. The van der Waals surface area contributed by atoms with E-state index in [2.05, 4.69) is 16.9 Å². The lowest BCUT2D eigenvalue weighted by atomic mass is 10.2. The molecule has 1 N–H and O–H groups in total. The van der Waals surface area contributed by atoms with Crippen LogP contribution in [-0.4, -0.2) is 10.9 Å². The molecule has 1 aromatic heterocycles. The van der Waals surface area contributed by atoms with E-state index in [-0.39, 0.29) is 5.91 Å². The highest BCUT2D eigenvalue weighted by atomic mass is 16.1. The first-order valence-electron chi connectivity index (χ1n) is 4.59. The molecule has 0 aromatic carbocycles. The highest BCUT2D eigenvalue weighted by Gasteiger charge is 2.03. The number of aromatic nitrogens is 1. The largest absolute Gasteiger partial charge is 0.348 e. The van der Waals surface area contributed by atoms with Crippen molar-refractivity contribution in [2.24, 2.45) is 0 Å². The van der Waals surface area contributed by atoms with Gasteiger partial charge in [0.05, 0.1) is 0 Å². The molecule has 0 saturated heterocycles. The molecule has 0 aliphatic carbocycles. The van der Waals surface area contributed by atoms with Gasteiger partial charge in [0, 0.05) is 24.5 Å². The number of pyridine rings is 1. The van der Waals surface area contributed by atoms with Crippen LogP contribution >= 0.6 is 0 Å². The van der Waals surface area contributed by atoms with Crippen molar-refractivity contribution in [3.05, 3.63) is 42.2 Å². The lowest BCUT2D eigenvalue weighted by Crippen LogP contribution is -2.23. The van der Waals surface area contributed by atoms with Crippen LogP contribution in [0.15, 0.2) is 36.7 Å². The van der Waals surface area contributed by atoms with Gasteiger partial charge in [-0.3, -0.25) is 9.78 Å². The molecule has 0 aliphatic heterocycles. The summed E-state index contributed by atoms with van der Waals surface area (Å²) in [6, 6.07) is 3.74. The Labute approximate surface area is 83.9 Å². The lowest BCUT2D eigenvalue weighted by molar-refractivity contribution is -0.117. The van der Waals surface area contributed by atoms with Crippen LogP contribution in [0.2, 0.25) is 0 Å². The molecule has 0 unspecified atom stereocenters. The van der Waals surface area contributed by atoms with Crippen molar-refractivity contribution in [1.29, 1.82) is 0 Å². The zero-order valence-electron chi connectivity index (χ0n) is 8.29. The SMILES string of the molecule is C=C(CC)C(=O)NCc1ccncc1. The maximum Gasteiger partial charge on any atom is 0.246 e. The van der Waals surface area contributed by atoms with Crippen LogP contribution in [0.1, 0.15) is 18.9 Å². The third-order valence-corrected chi connectivity index (χ3v) is 1.95. The summed E-state index contributed by atoms with van der Waals surface area (Å²) in [4.78, 5) is 15.2. The van der Waals surface area contributed by atoms with Crippen LogP contribution in [0, 0.1) is 0 Å². The number of hydrogen-bond acceptors (Lipinski definition) is 2. The Morgan fingerprint density at radius 3 is 2.71 bits per heavy atom. The number of nitrogens with one attached hydrogen (secondary N) is 1. The minimum atomic E-state index is -0.0793. The topological polar surface area (TPSA) is 42.0 Å². The van der Waals surface area contributed by atoms with Crippen LogP contribution in [0.5, 0.6) is 0 Å². The van der Waals surface area contributed by atoms with Crippen LogP contribution in [0.25, 0.3) is 0 Å². The van der Waals surface area contributed by atoms with E-state index in [1.54, 1.807) is 12.4 Å². The van der Waals surface area contributed by atoms with Gasteiger partial charge in [0.1, 0.15) is 0 Å². The van der Waals surface area contributed by atoms with E-state index in [0.717, 1.165) is 5.56 Å². The summed E-state index contributed by atoms with van der Waals surface area (Å²) in [6.07, 6.45) is 4.09. The quantitative estimate of drug-likeness (QED) is 0.734. The van der Waals surface area contributed by atoms with Gasteiger partial charge < -0.3 is 5.32 Å². The second-order valence-electron chi connectivity index (χ2n) is 3.00. The van der Waals surface area contributed by atoms with Crippen LogP contribution in [0.3, 0.4) is 0 Å². The van der Waals surface area contributed by atoms with Crippen molar-refractivity contribution in [3.8, 4) is 0 Å². The van der Waals surface area contributed by atoms with Crippen molar-refractivity contribution < 1.29 is 4.79 Å². The van der Waals surface area contributed by atoms with Gasteiger partial charge in [0.25, 0.3) is 0 Å². The summed E-state index contributed by atoms with van der Waals surface area (Å²) in [5, 5.41) is 2.78. The highest BCUT2D eigenvalue weighted by Crippen LogP contribution is 1.98. The fourth-order valence-corrected chi connectivity index (χ4v) is 0.969.